The molecule has 3 amide bonds. The van der Waals surface area contributed by atoms with Crippen molar-refractivity contribution in [2.45, 2.75) is 75.1 Å². The summed E-state index contributed by atoms with van der Waals surface area (Å²) >= 11 is 1.90. The van der Waals surface area contributed by atoms with Crippen molar-refractivity contribution in [1.29, 1.82) is 0 Å². The number of rotatable bonds is 26. The highest BCUT2D eigenvalue weighted by atomic mass is 32.2. The minimum absolute atomic E-state index is 0.00398. The fraction of sp³-hybridized carbons (Fsp3) is 0.852. The monoisotopic (exact) mass is 590 g/mol. The number of carboxylic acid groups (broad SMARTS) is 1. The molecule has 1 heterocycles. The molecule has 12 nitrogen and oxygen atoms in total. The first kappa shape index (κ1) is 36.1. The number of nitrogens with one attached hydrogen (secondary N) is 3. The van der Waals surface area contributed by atoms with Gasteiger partial charge in [-0.25, -0.2) is 0 Å². The van der Waals surface area contributed by atoms with Crippen LogP contribution < -0.4 is 16.0 Å². The van der Waals surface area contributed by atoms with E-state index >= 15 is 0 Å². The number of ether oxygens (including phenoxy) is 3. The lowest BCUT2D eigenvalue weighted by Gasteiger charge is -2.28. The number of unbranched alkanes of at least 4 members (excludes halogenated alkanes) is 1. The van der Waals surface area contributed by atoms with E-state index in [9.17, 15) is 19.2 Å². The first-order chi connectivity index (χ1) is 19.4. The van der Waals surface area contributed by atoms with E-state index in [1.54, 1.807) is 4.90 Å². The van der Waals surface area contributed by atoms with E-state index < -0.39 is 5.97 Å². The first-order valence-corrected chi connectivity index (χ1v) is 15.4. The van der Waals surface area contributed by atoms with Gasteiger partial charge in [0.25, 0.3) is 0 Å². The molecule has 1 fully saturated rings. The summed E-state index contributed by atoms with van der Waals surface area (Å²) in [5, 5.41) is 18.0. The van der Waals surface area contributed by atoms with Gasteiger partial charge in [-0.3, -0.25) is 19.2 Å². The Morgan fingerprint density at radius 2 is 1.40 bits per heavy atom. The second-order valence-corrected chi connectivity index (χ2v) is 11.0. The molecular weight excluding hydrogens is 540 g/mol. The molecule has 0 spiro atoms. The van der Waals surface area contributed by atoms with Crippen LogP contribution in [0.15, 0.2) is 0 Å². The predicted octanol–water partition coefficient (Wildman–Crippen LogP) is 1.02. The molecule has 0 aromatic rings. The summed E-state index contributed by atoms with van der Waals surface area (Å²) in [6.45, 7) is 4.05. The Kier molecular flexibility index (Phi) is 21.4. The van der Waals surface area contributed by atoms with Crippen LogP contribution in [0.25, 0.3) is 0 Å². The maximum atomic E-state index is 12.1. The molecule has 3 atom stereocenters. The molecular formula is C27H50N4O8S. The number of hydrogen-bond acceptors (Lipinski definition) is 9. The van der Waals surface area contributed by atoms with Crippen LogP contribution in [0, 0.1) is 0 Å². The van der Waals surface area contributed by atoms with Crippen LogP contribution in [-0.4, -0.2) is 124 Å². The Labute approximate surface area is 243 Å². The van der Waals surface area contributed by atoms with Gasteiger partial charge in [0.15, 0.2) is 0 Å². The minimum Gasteiger partial charge on any atom is -0.481 e. The molecule has 0 aliphatic carbocycles. The highest BCUT2D eigenvalue weighted by molar-refractivity contribution is 8.00. The van der Waals surface area contributed by atoms with E-state index in [4.69, 9.17) is 19.3 Å². The average Bonchev–Trinajstić information content (AvgIpc) is 3.35. The number of carboxylic acids is 1. The maximum absolute atomic E-state index is 12.1. The van der Waals surface area contributed by atoms with Crippen molar-refractivity contribution in [3.05, 3.63) is 0 Å². The maximum Gasteiger partial charge on any atom is 0.303 e. The van der Waals surface area contributed by atoms with Gasteiger partial charge in [-0.05, 0) is 39.2 Å². The van der Waals surface area contributed by atoms with Crippen molar-refractivity contribution in [2.75, 3.05) is 72.6 Å². The summed E-state index contributed by atoms with van der Waals surface area (Å²) in [5.41, 5.74) is 0. The lowest BCUT2D eigenvalue weighted by molar-refractivity contribution is -0.137. The summed E-state index contributed by atoms with van der Waals surface area (Å²) < 4.78 is 16.4. The Bertz CT molecular complexity index is 718. The zero-order valence-electron chi connectivity index (χ0n) is 24.2. The molecule has 0 radical (unpaired) electrons. The zero-order chi connectivity index (χ0) is 29.4. The van der Waals surface area contributed by atoms with Crippen molar-refractivity contribution in [2.24, 2.45) is 0 Å². The van der Waals surface area contributed by atoms with E-state index in [-0.39, 0.29) is 36.7 Å². The normalized spacial score (nSPS) is 18.4. The van der Waals surface area contributed by atoms with Crippen molar-refractivity contribution in [1.82, 2.24) is 20.9 Å². The Balaban J connectivity index is 1.84. The van der Waals surface area contributed by atoms with E-state index in [1.165, 1.54) is 0 Å². The number of likely N-dealkylation sites (N-methyl/N-ethyl adjacent to an activating group) is 2. The van der Waals surface area contributed by atoms with E-state index in [1.807, 2.05) is 25.9 Å². The van der Waals surface area contributed by atoms with Gasteiger partial charge in [0.05, 0.1) is 32.5 Å². The van der Waals surface area contributed by atoms with Crippen LogP contribution in [0.5, 0.6) is 0 Å². The van der Waals surface area contributed by atoms with Crippen LogP contribution in [-0.2, 0) is 33.4 Å². The van der Waals surface area contributed by atoms with Crippen LogP contribution in [0.2, 0.25) is 0 Å². The van der Waals surface area contributed by atoms with Gasteiger partial charge in [-0.15, -0.1) is 0 Å². The van der Waals surface area contributed by atoms with Crippen molar-refractivity contribution < 1.29 is 38.5 Å². The number of carbonyl (C=O) groups is 4. The van der Waals surface area contributed by atoms with Crippen molar-refractivity contribution >= 4 is 36.0 Å². The lowest BCUT2D eigenvalue weighted by Crippen LogP contribution is -2.48. The summed E-state index contributed by atoms with van der Waals surface area (Å²) in [5.74, 6) is -0.0138. The Morgan fingerprint density at radius 3 is 1.93 bits per heavy atom. The second kappa shape index (κ2) is 23.7. The largest absolute Gasteiger partial charge is 0.481 e. The number of hydrogen-bond donors (Lipinski definition) is 4. The Hall–Kier alpha value is -1.93. The number of nitrogens with zero attached hydrogens (tertiary/aromatic N) is 1. The number of carbonyl (C=O) groups excluding carboxylic acids is 3. The Morgan fingerprint density at radius 1 is 0.850 bits per heavy atom. The number of amides is 3. The third-order valence-corrected chi connectivity index (χ3v) is 8.07. The molecule has 0 aromatic heterocycles. The van der Waals surface area contributed by atoms with Crippen LogP contribution in [0.1, 0.15) is 57.8 Å². The minimum atomic E-state index is -0.892. The molecule has 0 bridgehead atoms. The van der Waals surface area contributed by atoms with Gasteiger partial charge in [-0.1, -0.05) is 6.42 Å². The second-order valence-electron chi connectivity index (χ2n) is 9.76. The molecule has 1 aliphatic heterocycles. The molecule has 1 aliphatic rings. The molecule has 13 heteroatoms. The molecule has 4 N–H and O–H groups in total. The molecule has 2 unspecified atom stereocenters. The van der Waals surface area contributed by atoms with Gasteiger partial charge in [0.2, 0.25) is 18.2 Å². The van der Waals surface area contributed by atoms with Gasteiger partial charge in [0, 0.05) is 69.7 Å². The molecule has 0 aromatic carbocycles. The summed E-state index contributed by atoms with van der Waals surface area (Å²) in [6, 6.07) is 0.508. The molecule has 232 valence electrons. The van der Waals surface area contributed by atoms with Gasteiger partial charge in [0.1, 0.15) is 0 Å². The fourth-order valence-electron chi connectivity index (χ4n) is 4.32. The quantitative estimate of drug-likeness (QED) is 0.0848. The van der Waals surface area contributed by atoms with E-state index in [0.717, 1.165) is 37.8 Å². The van der Waals surface area contributed by atoms with Gasteiger partial charge < -0.3 is 40.2 Å². The van der Waals surface area contributed by atoms with E-state index in [2.05, 4.69) is 16.0 Å². The molecule has 1 saturated heterocycles. The molecule has 1 rings (SSSR count). The number of thioether (sulfide) groups is 1. The average molecular weight is 591 g/mol. The third-order valence-electron chi connectivity index (χ3n) is 6.58. The predicted molar refractivity (Wildman–Crippen MR) is 154 cm³/mol. The highest BCUT2D eigenvalue weighted by Crippen LogP contribution is 2.33. The van der Waals surface area contributed by atoms with Crippen LogP contribution in [0.4, 0.5) is 0 Å². The van der Waals surface area contributed by atoms with Crippen molar-refractivity contribution in [3.63, 3.8) is 0 Å². The number of aliphatic carboxylic acids is 1. The van der Waals surface area contributed by atoms with Gasteiger partial charge >= 0.3 is 5.97 Å². The summed E-state index contributed by atoms with van der Waals surface area (Å²) in [7, 11) is 3.78. The molecule has 40 heavy (non-hydrogen) atoms. The summed E-state index contributed by atoms with van der Waals surface area (Å²) in [4.78, 5) is 46.8. The standard InChI is InChI=1S/C27H50N4O8S/c1-28-27-22(31(2)21-32)20-40-23(27)8-3-4-9-24(33)29-12-6-14-37-16-18-39-19-17-38-15-7-13-30-25(34)10-5-11-26(35)36/h21-23,27-28H,3-20H2,1-2H3,(H,29,33)(H,30,34)(H,35,36)/t22?,23-,27?/m0/s1. The highest BCUT2D eigenvalue weighted by Gasteiger charge is 2.37. The third kappa shape index (κ3) is 17.7. The molecule has 0 saturated carbocycles. The smallest absolute Gasteiger partial charge is 0.303 e. The van der Waals surface area contributed by atoms with Crippen molar-refractivity contribution in [3.8, 4) is 0 Å². The SMILES string of the molecule is CNC1C(N(C)C=O)CS[C@H]1CCCCC(=O)NCCCOCCOCCOCCCNC(=O)CCCC(=O)O. The van der Waals surface area contributed by atoms with Gasteiger partial charge in [-0.2, -0.15) is 11.8 Å². The van der Waals surface area contributed by atoms with Crippen LogP contribution >= 0.6 is 11.8 Å². The first-order valence-electron chi connectivity index (χ1n) is 14.3. The van der Waals surface area contributed by atoms with Crippen LogP contribution in [0.3, 0.4) is 0 Å². The summed E-state index contributed by atoms with van der Waals surface area (Å²) in [6.07, 6.45) is 6.31. The van der Waals surface area contributed by atoms with E-state index in [0.29, 0.717) is 77.2 Å². The fourth-order valence-corrected chi connectivity index (χ4v) is 6.07. The zero-order valence-corrected chi connectivity index (χ0v) is 25.0. The lowest BCUT2D eigenvalue weighted by atomic mass is 10.0. The topological polar surface area (TPSA) is 156 Å².